The number of likely N-dealkylation sites (N-methyl/N-ethyl adjacent to an activating group) is 2. The van der Waals surface area contributed by atoms with Crippen molar-refractivity contribution in [3.8, 4) is 11.8 Å². The molecule has 0 radical (unpaired) electrons. The van der Waals surface area contributed by atoms with Crippen LogP contribution in [-0.4, -0.2) is 142 Å². The summed E-state index contributed by atoms with van der Waals surface area (Å²) in [7, 11) is 3.67. The maximum absolute atomic E-state index is 14.7. The van der Waals surface area contributed by atoms with Crippen LogP contribution in [0.5, 0.6) is 0 Å². The Morgan fingerprint density at radius 3 is 1.64 bits per heavy atom. The van der Waals surface area contributed by atoms with Crippen LogP contribution in [0.2, 0.25) is 0 Å². The molecular weight excluding hydrogens is 945 g/mol. The van der Waals surface area contributed by atoms with E-state index in [1.165, 1.54) is 11.1 Å². The van der Waals surface area contributed by atoms with Gasteiger partial charge in [0.1, 0.15) is 25.3 Å². The van der Waals surface area contributed by atoms with Gasteiger partial charge in [-0.3, -0.25) is 19.2 Å². The van der Waals surface area contributed by atoms with Gasteiger partial charge in [0.25, 0.3) is 0 Å². The zero-order valence-corrected chi connectivity index (χ0v) is 44.4. The van der Waals surface area contributed by atoms with Gasteiger partial charge in [0.2, 0.25) is 11.8 Å². The van der Waals surface area contributed by atoms with E-state index in [9.17, 15) is 19.2 Å². The summed E-state index contributed by atoms with van der Waals surface area (Å²) in [4.78, 5) is 63.0. The van der Waals surface area contributed by atoms with E-state index in [2.05, 4.69) is 85.1 Å². The standard InChI is InChI=1S/C53H70N6O6S4/c1-31(55-7)49(67)57-39-19-23-69-46-29-53(4,5)48(59(46)51(39)63)41(61)27-37-35-17-11-9-15-33(35)25-43(37)65-21-13-12-20-64-42-24-32-14-8-10-16-34(32)36(42)26-40(60)47-52(2,3)28-45-58(47)50(62)38(18-22-68-45)56-44(66)30-54-6/h8-11,14-17,31,36-39,42-43,45-48,54-55H,18-30H2,1-7H3,(H,56,66)(H,57,67)/t31-,36-,37-,38-,39-,42+,43+,45-,46-,47+,48+/m0/s1. The molecule has 11 atom stereocenters. The molecule has 372 valence electrons. The van der Waals surface area contributed by atoms with E-state index < -0.39 is 35.0 Å². The number of ketones is 2. The van der Waals surface area contributed by atoms with E-state index in [-0.39, 0.29) is 90.3 Å². The van der Waals surface area contributed by atoms with Crippen molar-refractivity contribution in [1.82, 2.24) is 31.1 Å². The molecule has 2 aromatic rings. The largest absolute Gasteiger partial charge is 0.367 e. The predicted octanol–water partition coefficient (Wildman–Crippen LogP) is 5.94. The summed E-state index contributed by atoms with van der Waals surface area (Å²) < 4.78 is 13.1. The van der Waals surface area contributed by atoms with Crippen LogP contribution in [0.15, 0.2) is 48.5 Å². The number of nitrogens with zero attached hydrogens (tertiary/aromatic N) is 2. The van der Waals surface area contributed by atoms with Gasteiger partial charge >= 0.3 is 0 Å². The first-order chi connectivity index (χ1) is 33.0. The van der Waals surface area contributed by atoms with Crippen LogP contribution in [0.3, 0.4) is 0 Å². The van der Waals surface area contributed by atoms with E-state index in [1.807, 2.05) is 55.1 Å². The van der Waals surface area contributed by atoms with Gasteiger partial charge in [-0.1, -0.05) is 113 Å². The van der Waals surface area contributed by atoms with Crippen LogP contribution in [0, 0.1) is 22.7 Å². The second kappa shape index (κ2) is 22.2. The molecule has 8 rings (SSSR count). The number of carbonyl (C=O) groups is 4. The number of thiocarbonyl (C=S) groups is 2. The third-order valence-corrected chi connectivity index (χ3v) is 18.6. The zero-order chi connectivity index (χ0) is 49.2. The first kappa shape index (κ1) is 51.9. The monoisotopic (exact) mass is 1010 g/mol. The minimum atomic E-state index is -0.564. The molecular formula is C53H70N6O6S4. The lowest BCUT2D eigenvalue weighted by Gasteiger charge is -2.35. The third kappa shape index (κ3) is 11.2. The van der Waals surface area contributed by atoms with Crippen LogP contribution in [-0.2, 0) is 41.5 Å². The van der Waals surface area contributed by atoms with Crippen molar-refractivity contribution in [3.63, 3.8) is 0 Å². The Kier molecular flexibility index (Phi) is 16.7. The van der Waals surface area contributed by atoms with Gasteiger partial charge in [0.05, 0.1) is 51.1 Å². The molecule has 0 bridgehead atoms. The molecule has 0 saturated carbocycles. The number of hydrogen-bond acceptors (Lipinski definition) is 12. The summed E-state index contributed by atoms with van der Waals surface area (Å²) in [6.07, 6.45) is 4.16. The fourth-order valence-electron chi connectivity index (χ4n) is 11.9. The Balaban J connectivity index is 0.911. The van der Waals surface area contributed by atoms with Crippen LogP contribution in [0.4, 0.5) is 0 Å². The Morgan fingerprint density at radius 2 is 1.19 bits per heavy atom. The summed E-state index contributed by atoms with van der Waals surface area (Å²) in [6.45, 7) is 11.3. The highest BCUT2D eigenvalue weighted by molar-refractivity contribution is 8.00. The lowest BCUT2D eigenvalue weighted by Crippen LogP contribution is -2.56. The molecule has 0 aromatic heterocycles. The number of fused-ring (bicyclic) bond motifs is 4. The van der Waals surface area contributed by atoms with E-state index in [0.717, 1.165) is 35.5 Å². The lowest BCUT2D eigenvalue weighted by molar-refractivity contribution is -0.141. The molecule has 16 heteroatoms. The molecule has 4 heterocycles. The fourth-order valence-corrected chi connectivity index (χ4v) is 15.6. The molecule has 12 nitrogen and oxygen atoms in total. The van der Waals surface area contributed by atoms with Crippen molar-refractivity contribution >= 4 is 81.3 Å². The summed E-state index contributed by atoms with van der Waals surface area (Å²) in [5.74, 6) is 7.67. The van der Waals surface area contributed by atoms with Crippen LogP contribution in [0.25, 0.3) is 0 Å². The second-order valence-electron chi connectivity index (χ2n) is 21.0. The number of carbonyl (C=O) groups excluding carboxylic acids is 4. The quantitative estimate of drug-likeness (QED) is 0.117. The normalized spacial score (nSPS) is 30.2. The molecule has 0 spiro atoms. The van der Waals surface area contributed by atoms with Gasteiger partial charge in [0.15, 0.2) is 11.6 Å². The average Bonchev–Trinajstić information content (AvgIpc) is 3.95. The topological polar surface area (TPSA) is 141 Å². The molecule has 2 aromatic carbocycles. The molecule has 2 aliphatic carbocycles. The van der Waals surface area contributed by atoms with E-state index in [1.54, 1.807) is 23.5 Å². The summed E-state index contributed by atoms with van der Waals surface area (Å²) in [5, 5.41) is 12.7. The molecule has 69 heavy (non-hydrogen) atoms. The van der Waals surface area contributed by atoms with Gasteiger partial charge in [-0.25, -0.2) is 0 Å². The van der Waals surface area contributed by atoms with Crippen LogP contribution < -0.4 is 21.3 Å². The molecule has 4 saturated heterocycles. The zero-order valence-electron chi connectivity index (χ0n) is 41.1. The first-order valence-electron chi connectivity index (χ1n) is 24.7. The number of nitrogens with one attached hydrogen (secondary N) is 4. The first-order valence-corrected chi connectivity index (χ1v) is 27.6. The van der Waals surface area contributed by atoms with E-state index in [4.69, 9.17) is 33.9 Å². The Labute approximate surface area is 428 Å². The number of ether oxygens (including phenoxy) is 2. The van der Waals surface area contributed by atoms with Crippen molar-refractivity contribution in [2.24, 2.45) is 10.8 Å². The number of benzene rings is 2. The van der Waals surface area contributed by atoms with Crippen molar-refractivity contribution in [3.05, 3.63) is 70.8 Å². The summed E-state index contributed by atoms with van der Waals surface area (Å²) >= 11 is 14.7. The van der Waals surface area contributed by atoms with Crippen molar-refractivity contribution in [2.45, 2.75) is 151 Å². The molecule has 4 N–H and O–H groups in total. The summed E-state index contributed by atoms with van der Waals surface area (Å²) in [5.41, 5.74) is 3.77. The van der Waals surface area contributed by atoms with Crippen LogP contribution in [0.1, 0.15) is 107 Å². The number of Topliss-reactive ketones (excluding diaryl/α,β-unsaturated/α-hetero) is 2. The maximum atomic E-state index is 14.7. The molecule has 2 amide bonds. The van der Waals surface area contributed by atoms with Gasteiger partial charge < -0.3 is 40.5 Å². The van der Waals surface area contributed by atoms with Crippen molar-refractivity contribution < 1.29 is 28.7 Å². The van der Waals surface area contributed by atoms with Crippen LogP contribution >= 0.6 is 48.0 Å². The minimum Gasteiger partial charge on any atom is -0.367 e. The molecule has 4 aliphatic heterocycles. The number of rotatable bonds is 16. The minimum absolute atomic E-state index is 0.0498. The summed E-state index contributed by atoms with van der Waals surface area (Å²) in [6, 6.07) is 14.4. The predicted molar refractivity (Wildman–Crippen MR) is 284 cm³/mol. The second-order valence-corrected chi connectivity index (χ2v) is 24.5. The highest BCUT2D eigenvalue weighted by Gasteiger charge is 2.56. The molecule has 4 fully saturated rings. The van der Waals surface area contributed by atoms with E-state index >= 15 is 0 Å². The molecule has 6 aliphatic rings. The Morgan fingerprint density at radius 1 is 0.739 bits per heavy atom. The number of amides is 2. The SMILES string of the molecule is CNCC(=S)N[C@H]1CCS[C@H]2CC(C)(C)[C@@H](C(=O)C[C@H]3c4ccccc4C[C@H]3OCC#CCO[C@@H]3Cc4ccccc4[C@@H]3CC(=O)[C@H]3N4C(=O)[C@@H](NC(=S)[C@H](C)NC)CCS[C@H]4CC3(C)C)N2C1=O. The fraction of sp³-hybridized carbons (Fsp3) is 0.623. The lowest BCUT2D eigenvalue weighted by atomic mass is 9.79. The Bertz CT molecular complexity index is 2350. The highest BCUT2D eigenvalue weighted by atomic mass is 32.2. The van der Waals surface area contributed by atoms with Gasteiger partial charge in [-0.2, -0.15) is 0 Å². The Hall–Kier alpha value is -3.40. The van der Waals surface area contributed by atoms with Gasteiger partial charge in [0, 0.05) is 31.2 Å². The number of hydrogen-bond donors (Lipinski definition) is 4. The van der Waals surface area contributed by atoms with Gasteiger partial charge in [-0.05, 0) is 104 Å². The maximum Gasteiger partial charge on any atom is 0.246 e. The highest BCUT2D eigenvalue weighted by Crippen LogP contribution is 2.50. The number of thioether (sulfide) groups is 2. The third-order valence-electron chi connectivity index (χ3n) is 15.4. The van der Waals surface area contributed by atoms with Gasteiger partial charge in [-0.15, -0.1) is 23.5 Å². The average molecular weight is 1020 g/mol. The molecule has 0 unspecified atom stereocenters. The van der Waals surface area contributed by atoms with Crippen molar-refractivity contribution in [2.75, 3.05) is 45.4 Å². The van der Waals surface area contributed by atoms with E-state index in [0.29, 0.717) is 42.2 Å². The van der Waals surface area contributed by atoms with Crippen molar-refractivity contribution in [1.29, 1.82) is 0 Å². The smallest absolute Gasteiger partial charge is 0.246 e.